The van der Waals surface area contributed by atoms with Crippen molar-refractivity contribution in [2.45, 2.75) is 5.63 Å². The van der Waals surface area contributed by atoms with E-state index in [1.165, 1.54) is 19.2 Å². The van der Waals surface area contributed by atoms with Crippen LogP contribution >= 0.6 is 11.6 Å². The van der Waals surface area contributed by atoms with Crippen molar-refractivity contribution < 1.29 is 13.9 Å². The Morgan fingerprint density at radius 3 is 2.38 bits per heavy atom. The highest BCUT2D eigenvalue weighted by molar-refractivity contribution is 6.32. The van der Waals surface area contributed by atoms with E-state index in [1.807, 2.05) is 0 Å². The lowest BCUT2D eigenvalue weighted by atomic mass is 10.1. The summed E-state index contributed by atoms with van der Waals surface area (Å²) in [6.45, 7) is 0. The molecule has 0 saturated heterocycles. The van der Waals surface area contributed by atoms with E-state index in [9.17, 15) is 9.18 Å². The molecule has 13 heavy (non-hydrogen) atoms. The lowest BCUT2D eigenvalue weighted by molar-refractivity contribution is 0.0934. The van der Waals surface area contributed by atoms with E-state index < -0.39 is 11.4 Å². The van der Waals surface area contributed by atoms with Gasteiger partial charge in [-0.1, -0.05) is 11.6 Å². The normalized spacial score (nSPS) is 12.2. The topological polar surface area (TPSA) is 26.3 Å². The first-order valence-corrected chi connectivity index (χ1v) is 4.05. The maximum Gasteiger partial charge on any atom is 0.235 e. The molecular formula is C9H8ClFO2. The van der Waals surface area contributed by atoms with Crippen LogP contribution in [-0.2, 0) is 0 Å². The monoisotopic (exact) mass is 202 g/mol. The highest BCUT2D eigenvalue weighted by atomic mass is 35.5. The van der Waals surface area contributed by atoms with Crippen molar-refractivity contribution in [1.82, 2.24) is 0 Å². The molecule has 4 heteroatoms. The Morgan fingerprint density at radius 1 is 1.46 bits per heavy atom. The summed E-state index contributed by atoms with van der Waals surface area (Å²) in [5, 5.41) is 0. The summed E-state index contributed by atoms with van der Waals surface area (Å²) < 4.78 is 17.2. The standard InChI is InChI=1S/C9H8ClFO2/c1-13-7-4-2-6(3-5-7)8(12)9(10)11/h2-5,9H,1H3. The second-order valence-corrected chi connectivity index (χ2v) is 2.78. The first-order chi connectivity index (χ1) is 6.15. The molecule has 1 atom stereocenters. The number of benzene rings is 1. The van der Waals surface area contributed by atoms with Gasteiger partial charge >= 0.3 is 0 Å². The van der Waals surface area contributed by atoms with Crippen molar-refractivity contribution in [3.63, 3.8) is 0 Å². The summed E-state index contributed by atoms with van der Waals surface area (Å²) in [6, 6.07) is 6.09. The third kappa shape index (κ3) is 2.42. The van der Waals surface area contributed by atoms with Crippen molar-refractivity contribution in [1.29, 1.82) is 0 Å². The smallest absolute Gasteiger partial charge is 0.235 e. The van der Waals surface area contributed by atoms with Gasteiger partial charge in [0.05, 0.1) is 7.11 Å². The second-order valence-electron chi connectivity index (χ2n) is 2.39. The van der Waals surface area contributed by atoms with Gasteiger partial charge in [-0.3, -0.25) is 4.79 Å². The van der Waals surface area contributed by atoms with Crippen LogP contribution < -0.4 is 4.74 Å². The Kier molecular flexibility index (Phi) is 3.25. The molecule has 0 aliphatic rings. The van der Waals surface area contributed by atoms with Crippen molar-refractivity contribution in [2.24, 2.45) is 0 Å². The fourth-order valence-corrected chi connectivity index (χ4v) is 1.01. The number of halogens is 2. The fourth-order valence-electron chi connectivity index (χ4n) is 0.881. The summed E-state index contributed by atoms with van der Waals surface area (Å²) in [5.41, 5.74) is -1.74. The number of Topliss-reactive ketones (excluding diaryl/α,β-unsaturated/α-hetero) is 1. The van der Waals surface area contributed by atoms with Crippen LogP contribution in [0.4, 0.5) is 4.39 Å². The van der Waals surface area contributed by atoms with E-state index in [-0.39, 0.29) is 5.56 Å². The van der Waals surface area contributed by atoms with Crippen molar-refractivity contribution in [2.75, 3.05) is 7.11 Å². The van der Waals surface area contributed by atoms with E-state index >= 15 is 0 Å². The molecular weight excluding hydrogens is 195 g/mol. The molecule has 0 radical (unpaired) electrons. The first kappa shape index (κ1) is 9.99. The molecule has 0 fully saturated rings. The van der Waals surface area contributed by atoms with Crippen LogP contribution in [0.15, 0.2) is 24.3 Å². The van der Waals surface area contributed by atoms with Gasteiger partial charge in [0, 0.05) is 5.56 Å². The minimum absolute atomic E-state index is 0.239. The Hall–Kier alpha value is -1.09. The zero-order valence-corrected chi connectivity index (χ0v) is 7.72. The summed E-state index contributed by atoms with van der Waals surface area (Å²) in [4.78, 5) is 11.0. The van der Waals surface area contributed by atoms with Gasteiger partial charge < -0.3 is 4.74 Å². The molecule has 0 heterocycles. The third-order valence-corrected chi connectivity index (χ3v) is 1.77. The number of rotatable bonds is 3. The fraction of sp³-hybridized carbons (Fsp3) is 0.222. The zero-order chi connectivity index (χ0) is 9.84. The molecule has 0 spiro atoms. The van der Waals surface area contributed by atoms with Crippen LogP contribution in [-0.4, -0.2) is 18.5 Å². The number of hydrogen-bond acceptors (Lipinski definition) is 2. The molecule has 0 amide bonds. The van der Waals surface area contributed by atoms with Crippen LogP contribution in [0.5, 0.6) is 5.75 Å². The predicted molar refractivity (Wildman–Crippen MR) is 48.1 cm³/mol. The molecule has 1 rings (SSSR count). The number of methoxy groups -OCH3 is 1. The maximum absolute atomic E-state index is 12.3. The van der Waals surface area contributed by atoms with Crippen LogP contribution in [0.25, 0.3) is 0 Å². The highest BCUT2D eigenvalue weighted by Gasteiger charge is 2.15. The van der Waals surface area contributed by atoms with Gasteiger partial charge in [0.25, 0.3) is 0 Å². The van der Waals surface area contributed by atoms with Gasteiger partial charge in [-0.05, 0) is 24.3 Å². The van der Waals surface area contributed by atoms with Gasteiger partial charge in [0.15, 0.2) is 0 Å². The third-order valence-electron chi connectivity index (χ3n) is 1.57. The number of hydrogen-bond donors (Lipinski definition) is 0. The molecule has 0 aliphatic carbocycles. The van der Waals surface area contributed by atoms with Gasteiger partial charge in [0.1, 0.15) is 5.75 Å². The second kappa shape index (κ2) is 4.23. The zero-order valence-electron chi connectivity index (χ0n) is 6.96. The predicted octanol–water partition coefficient (Wildman–Crippen LogP) is 2.41. The van der Waals surface area contributed by atoms with E-state index in [4.69, 9.17) is 16.3 Å². The lowest BCUT2D eigenvalue weighted by Crippen LogP contribution is -2.08. The van der Waals surface area contributed by atoms with Gasteiger partial charge in [-0.15, -0.1) is 0 Å². The summed E-state index contributed by atoms with van der Waals surface area (Å²) in [5.74, 6) is -0.120. The highest BCUT2D eigenvalue weighted by Crippen LogP contribution is 2.14. The summed E-state index contributed by atoms with van der Waals surface area (Å²) in [7, 11) is 1.51. The first-order valence-electron chi connectivity index (χ1n) is 3.61. The van der Waals surface area contributed by atoms with Gasteiger partial charge in [-0.2, -0.15) is 0 Å². The molecule has 0 saturated carbocycles. The Balaban J connectivity index is 2.86. The number of alkyl halides is 2. The van der Waals surface area contributed by atoms with E-state index in [0.717, 1.165) is 0 Å². The van der Waals surface area contributed by atoms with Crippen molar-refractivity contribution in [3.05, 3.63) is 29.8 Å². The van der Waals surface area contributed by atoms with E-state index in [0.29, 0.717) is 5.75 Å². The van der Waals surface area contributed by atoms with Crippen LogP contribution in [0.3, 0.4) is 0 Å². The molecule has 1 aromatic carbocycles. The van der Waals surface area contributed by atoms with Crippen molar-refractivity contribution in [3.8, 4) is 5.75 Å². The van der Waals surface area contributed by atoms with Crippen LogP contribution in [0, 0.1) is 0 Å². The van der Waals surface area contributed by atoms with E-state index in [2.05, 4.69) is 0 Å². The number of ketones is 1. The molecule has 0 aliphatic heterocycles. The minimum Gasteiger partial charge on any atom is -0.497 e. The molecule has 0 bridgehead atoms. The van der Waals surface area contributed by atoms with Gasteiger partial charge in [0.2, 0.25) is 11.4 Å². The van der Waals surface area contributed by atoms with Gasteiger partial charge in [-0.25, -0.2) is 4.39 Å². The summed E-state index contributed by atoms with van der Waals surface area (Å²) >= 11 is 4.99. The molecule has 2 nitrogen and oxygen atoms in total. The average molecular weight is 203 g/mol. The summed E-state index contributed by atoms with van der Waals surface area (Å²) in [6.07, 6.45) is 0. The molecule has 0 aromatic heterocycles. The van der Waals surface area contributed by atoms with Crippen LogP contribution in [0.1, 0.15) is 10.4 Å². The molecule has 0 N–H and O–H groups in total. The molecule has 1 aromatic rings. The van der Waals surface area contributed by atoms with Crippen LogP contribution in [0.2, 0.25) is 0 Å². The largest absolute Gasteiger partial charge is 0.497 e. The number of carbonyl (C=O) groups excluding carboxylic acids is 1. The SMILES string of the molecule is COc1ccc(C(=O)C(F)Cl)cc1. The number of ether oxygens (including phenoxy) is 1. The quantitative estimate of drug-likeness (QED) is 0.556. The van der Waals surface area contributed by atoms with E-state index in [1.54, 1.807) is 12.1 Å². The Labute approximate surface area is 80.3 Å². The minimum atomic E-state index is -1.98. The average Bonchev–Trinajstić information content (AvgIpc) is 2.17. The Morgan fingerprint density at radius 2 is 2.00 bits per heavy atom. The number of carbonyl (C=O) groups is 1. The Bertz CT molecular complexity index is 295. The maximum atomic E-state index is 12.3. The molecule has 70 valence electrons. The van der Waals surface area contributed by atoms with Crippen molar-refractivity contribution >= 4 is 17.4 Å². The lowest BCUT2D eigenvalue weighted by Gasteiger charge is -2.01. The molecule has 1 unspecified atom stereocenters.